The van der Waals surface area contributed by atoms with Crippen molar-refractivity contribution < 1.29 is 9.18 Å². The number of carbonyl (C=O) groups excluding carboxylic acids is 1. The van der Waals surface area contributed by atoms with Crippen molar-refractivity contribution in [1.29, 1.82) is 0 Å². The van der Waals surface area contributed by atoms with Gasteiger partial charge in [0.05, 0.1) is 26.8 Å². The highest BCUT2D eigenvalue weighted by atomic mass is 35.5. The number of imidazole rings is 1. The van der Waals surface area contributed by atoms with E-state index in [9.17, 15) is 9.18 Å². The van der Waals surface area contributed by atoms with Gasteiger partial charge in [0.2, 0.25) is 5.95 Å². The number of anilines is 3. The smallest absolute Gasteiger partial charge is 0.255 e. The van der Waals surface area contributed by atoms with Crippen LogP contribution in [0.3, 0.4) is 0 Å². The summed E-state index contributed by atoms with van der Waals surface area (Å²) in [5.74, 6) is -0.361. The maximum Gasteiger partial charge on any atom is 0.255 e. The average molecular weight is 439 g/mol. The van der Waals surface area contributed by atoms with Crippen LogP contribution in [0.2, 0.25) is 10.0 Å². The van der Waals surface area contributed by atoms with Gasteiger partial charge < -0.3 is 15.2 Å². The van der Waals surface area contributed by atoms with Gasteiger partial charge in [-0.3, -0.25) is 4.79 Å². The molecule has 0 aliphatic heterocycles. The molecule has 9 heteroatoms. The Morgan fingerprint density at radius 1 is 1.07 bits per heavy atom. The lowest BCUT2D eigenvalue weighted by molar-refractivity contribution is 0.102. The molecule has 3 aromatic carbocycles. The summed E-state index contributed by atoms with van der Waals surface area (Å²) >= 11 is 12.2. The monoisotopic (exact) mass is 438 g/mol. The van der Waals surface area contributed by atoms with Gasteiger partial charge in [0, 0.05) is 18.3 Å². The van der Waals surface area contributed by atoms with Gasteiger partial charge in [-0.15, -0.1) is 0 Å². The van der Waals surface area contributed by atoms with Crippen LogP contribution < -0.4 is 16.1 Å². The first kappa shape index (κ1) is 20.3. The van der Waals surface area contributed by atoms with E-state index in [1.807, 2.05) is 0 Å². The summed E-state index contributed by atoms with van der Waals surface area (Å²) in [5.41, 5.74) is 3.43. The third-order valence-electron chi connectivity index (χ3n) is 4.56. The molecule has 1 heterocycles. The molecule has 2 N–H and O–H groups in total. The number of carbonyl (C=O) groups is 1. The van der Waals surface area contributed by atoms with Gasteiger partial charge in [-0.2, -0.15) is 0 Å². The Labute approximate surface area is 183 Å². The summed E-state index contributed by atoms with van der Waals surface area (Å²) < 4.78 is 15.2. The molecule has 4 rings (SSSR count). The summed E-state index contributed by atoms with van der Waals surface area (Å²) in [6, 6.07) is 14.4. The molecule has 1 amide bonds. The predicted molar refractivity (Wildman–Crippen MR) is 120 cm³/mol. The molecule has 0 spiro atoms. The first-order valence-electron chi connectivity index (χ1n) is 8.87. The van der Waals surface area contributed by atoms with Gasteiger partial charge in [-0.05, 0) is 42.5 Å². The Bertz CT molecular complexity index is 1250. The SMILES string of the molecule is [B]c1ccc(NC(=O)c2ccc3c(c2)nc(Nc2c(Cl)cc(F)cc2Cl)n3C)cc1. The zero-order valence-corrected chi connectivity index (χ0v) is 17.2. The summed E-state index contributed by atoms with van der Waals surface area (Å²) in [5, 5.41) is 6.11. The molecule has 0 saturated carbocycles. The fraction of sp³-hybridized carbons (Fsp3) is 0.0476. The van der Waals surface area contributed by atoms with Crippen LogP contribution in [0.15, 0.2) is 54.6 Å². The number of aryl methyl sites for hydroxylation is 1. The normalized spacial score (nSPS) is 10.9. The van der Waals surface area contributed by atoms with Gasteiger partial charge in [0.1, 0.15) is 13.7 Å². The number of fused-ring (bicyclic) bond motifs is 1. The van der Waals surface area contributed by atoms with E-state index in [-0.39, 0.29) is 16.0 Å². The summed E-state index contributed by atoms with van der Waals surface area (Å²) in [4.78, 5) is 17.1. The number of amides is 1. The van der Waals surface area contributed by atoms with E-state index in [4.69, 9.17) is 31.0 Å². The van der Waals surface area contributed by atoms with Gasteiger partial charge in [-0.1, -0.05) is 40.8 Å². The lowest BCUT2D eigenvalue weighted by atomic mass is 9.96. The molecule has 0 atom stereocenters. The van der Waals surface area contributed by atoms with E-state index in [0.29, 0.717) is 33.9 Å². The fourth-order valence-corrected chi connectivity index (χ4v) is 3.55. The number of halogens is 3. The number of aromatic nitrogens is 2. The van der Waals surface area contributed by atoms with Gasteiger partial charge in [-0.25, -0.2) is 9.37 Å². The first-order chi connectivity index (χ1) is 14.3. The number of hydrogen-bond acceptors (Lipinski definition) is 3. The van der Waals surface area contributed by atoms with Crippen molar-refractivity contribution in [2.24, 2.45) is 7.05 Å². The van der Waals surface area contributed by atoms with Crippen LogP contribution in [0.25, 0.3) is 11.0 Å². The second-order valence-electron chi connectivity index (χ2n) is 6.64. The standard InChI is InChI=1S/C21H14BCl2FN4O/c1-29-18-7-2-11(20(30)26-14-5-3-12(22)4-6-14)8-17(18)27-21(29)28-19-15(23)9-13(25)10-16(19)24/h2-10H,1H3,(H,26,30)(H,27,28). The van der Waals surface area contributed by atoms with E-state index >= 15 is 0 Å². The van der Waals surface area contributed by atoms with Gasteiger partial charge in [0.15, 0.2) is 0 Å². The molecule has 1 aromatic heterocycles. The van der Waals surface area contributed by atoms with Crippen LogP contribution in [0.1, 0.15) is 10.4 Å². The van der Waals surface area contributed by atoms with Crippen molar-refractivity contribution in [3.05, 3.63) is 76.0 Å². The summed E-state index contributed by atoms with van der Waals surface area (Å²) in [6.45, 7) is 0. The molecule has 0 saturated heterocycles. The molecular formula is C21H14BCl2FN4O. The topological polar surface area (TPSA) is 59.0 Å². The van der Waals surface area contributed by atoms with Crippen LogP contribution in [0, 0.1) is 5.82 Å². The summed E-state index contributed by atoms with van der Waals surface area (Å²) in [6.07, 6.45) is 0. The Balaban J connectivity index is 1.63. The zero-order valence-electron chi connectivity index (χ0n) is 15.7. The van der Waals surface area contributed by atoms with Crippen molar-refractivity contribution >= 4 is 70.8 Å². The van der Waals surface area contributed by atoms with Gasteiger partial charge >= 0.3 is 0 Å². The van der Waals surface area contributed by atoms with Crippen LogP contribution in [-0.4, -0.2) is 23.3 Å². The zero-order chi connectivity index (χ0) is 21.4. The van der Waals surface area contributed by atoms with E-state index in [1.54, 1.807) is 54.1 Å². The molecule has 0 bridgehead atoms. The molecule has 0 aliphatic carbocycles. The van der Waals surface area contributed by atoms with Gasteiger partial charge in [0.25, 0.3) is 5.91 Å². The van der Waals surface area contributed by atoms with E-state index in [1.165, 1.54) is 0 Å². The third kappa shape index (κ3) is 3.99. The molecule has 148 valence electrons. The number of hydrogen-bond donors (Lipinski definition) is 2. The lowest BCUT2D eigenvalue weighted by Gasteiger charge is -2.10. The number of nitrogens with zero attached hydrogens (tertiary/aromatic N) is 2. The van der Waals surface area contributed by atoms with Crippen molar-refractivity contribution in [2.45, 2.75) is 0 Å². The van der Waals surface area contributed by atoms with Crippen LogP contribution in [-0.2, 0) is 7.05 Å². The second kappa shape index (κ2) is 8.01. The largest absolute Gasteiger partial charge is 0.323 e. The van der Waals surface area contributed by atoms with Crippen molar-refractivity contribution in [1.82, 2.24) is 9.55 Å². The molecular weight excluding hydrogens is 425 g/mol. The number of nitrogens with one attached hydrogen (secondary N) is 2. The maximum atomic E-state index is 13.4. The van der Waals surface area contributed by atoms with E-state index in [0.717, 1.165) is 17.6 Å². The minimum absolute atomic E-state index is 0.135. The average Bonchev–Trinajstić information content (AvgIpc) is 3.01. The Morgan fingerprint density at radius 3 is 2.40 bits per heavy atom. The van der Waals surface area contributed by atoms with Crippen LogP contribution in [0.4, 0.5) is 21.7 Å². The highest BCUT2D eigenvalue weighted by Gasteiger charge is 2.15. The Morgan fingerprint density at radius 2 is 1.73 bits per heavy atom. The molecule has 0 fully saturated rings. The number of benzene rings is 3. The van der Waals surface area contributed by atoms with E-state index < -0.39 is 5.82 Å². The Hall–Kier alpha value is -3.03. The molecule has 5 nitrogen and oxygen atoms in total. The van der Waals surface area contributed by atoms with Crippen molar-refractivity contribution in [3.63, 3.8) is 0 Å². The molecule has 0 aliphatic rings. The minimum atomic E-state index is -0.530. The summed E-state index contributed by atoms with van der Waals surface area (Å²) in [7, 11) is 7.47. The maximum absolute atomic E-state index is 13.4. The van der Waals surface area contributed by atoms with Crippen LogP contribution >= 0.6 is 23.2 Å². The predicted octanol–water partition coefficient (Wildman–Crippen LogP) is 4.81. The van der Waals surface area contributed by atoms with Crippen molar-refractivity contribution in [2.75, 3.05) is 10.6 Å². The molecule has 2 radical (unpaired) electrons. The quantitative estimate of drug-likeness (QED) is 0.449. The van der Waals surface area contributed by atoms with Crippen LogP contribution in [0.5, 0.6) is 0 Å². The molecule has 0 unspecified atom stereocenters. The van der Waals surface area contributed by atoms with Crippen molar-refractivity contribution in [3.8, 4) is 0 Å². The third-order valence-corrected chi connectivity index (χ3v) is 5.15. The molecule has 4 aromatic rings. The fourth-order valence-electron chi connectivity index (χ4n) is 3.00. The Kier molecular flexibility index (Phi) is 5.41. The first-order valence-corrected chi connectivity index (χ1v) is 9.62. The van der Waals surface area contributed by atoms with E-state index in [2.05, 4.69) is 15.6 Å². The lowest BCUT2D eigenvalue weighted by Crippen LogP contribution is -2.12. The minimum Gasteiger partial charge on any atom is -0.323 e. The number of rotatable bonds is 4. The highest BCUT2D eigenvalue weighted by Crippen LogP contribution is 2.34. The highest BCUT2D eigenvalue weighted by molar-refractivity contribution is 6.39. The molecule has 30 heavy (non-hydrogen) atoms. The second-order valence-corrected chi connectivity index (χ2v) is 7.46.